The summed E-state index contributed by atoms with van der Waals surface area (Å²) in [5, 5.41) is 17.2. The molecule has 0 radical (unpaired) electrons. The fourth-order valence-electron chi connectivity index (χ4n) is 6.96. The molecule has 3 aliphatic rings. The minimum atomic E-state index is -0.198. The third-order valence-electron chi connectivity index (χ3n) is 9.87. The molecule has 3 saturated heterocycles. The number of pyridine rings is 1. The topological polar surface area (TPSA) is 128 Å². The number of aromatic nitrogens is 5. The molecule has 6 heterocycles. The quantitative estimate of drug-likeness (QED) is 0.290. The molecule has 3 fully saturated rings. The number of urea groups is 1. The van der Waals surface area contributed by atoms with Gasteiger partial charge in [0.15, 0.2) is 0 Å². The van der Waals surface area contributed by atoms with Crippen LogP contribution in [-0.4, -0.2) is 85.3 Å². The number of carbonyl (C=O) groups is 1. The van der Waals surface area contributed by atoms with Crippen molar-refractivity contribution in [1.82, 2.24) is 34.9 Å². The molecule has 0 bridgehead atoms. The van der Waals surface area contributed by atoms with Crippen molar-refractivity contribution in [1.29, 1.82) is 5.26 Å². The lowest BCUT2D eigenvalue weighted by molar-refractivity contribution is -0.342. The Kier molecular flexibility index (Phi) is 9.22. The van der Waals surface area contributed by atoms with E-state index in [2.05, 4.69) is 31.3 Å². The fraction of sp³-hybridized carbons (Fsp3) is 0.417. The molecule has 246 valence electrons. The van der Waals surface area contributed by atoms with Gasteiger partial charge in [-0.2, -0.15) is 14.9 Å². The van der Waals surface area contributed by atoms with E-state index in [0.717, 1.165) is 86.9 Å². The van der Waals surface area contributed by atoms with Crippen molar-refractivity contribution in [3.05, 3.63) is 84.2 Å². The van der Waals surface area contributed by atoms with Crippen LogP contribution in [0.2, 0.25) is 0 Å². The van der Waals surface area contributed by atoms with Gasteiger partial charge < -0.3 is 9.64 Å². The molecule has 0 atom stereocenters. The van der Waals surface area contributed by atoms with E-state index in [9.17, 15) is 10.1 Å². The molecule has 0 unspecified atom stereocenters. The number of ether oxygens (including phenoxy) is 1. The van der Waals surface area contributed by atoms with E-state index in [4.69, 9.17) is 14.7 Å². The number of amides is 2. The number of likely N-dealkylation sites (tertiary alicyclic amines) is 1. The molecular weight excluding hydrogens is 604 g/mol. The number of nitrogens with one attached hydrogen (secondary N) is 1. The predicted octanol–water partition coefficient (Wildman–Crippen LogP) is 4.44. The Labute approximate surface area is 280 Å². The van der Waals surface area contributed by atoms with Crippen LogP contribution in [0.4, 0.5) is 16.4 Å². The van der Waals surface area contributed by atoms with Gasteiger partial charge in [-0.25, -0.2) is 14.8 Å². The average Bonchev–Trinajstić information content (AvgIpc) is 3.78. The number of rotatable bonds is 7. The zero-order chi connectivity index (χ0) is 32.9. The molecule has 0 saturated carbocycles. The second-order valence-electron chi connectivity index (χ2n) is 13.1. The summed E-state index contributed by atoms with van der Waals surface area (Å²) in [5.74, 6) is 2.04. The molecule has 1 aromatic carbocycles. The summed E-state index contributed by atoms with van der Waals surface area (Å²) in [5.41, 5.74) is 4.76. The van der Waals surface area contributed by atoms with E-state index in [1.165, 1.54) is 0 Å². The second kappa shape index (κ2) is 14.0. The molecule has 12 nitrogen and oxygen atoms in total. The Morgan fingerprint density at radius 1 is 1.00 bits per heavy atom. The van der Waals surface area contributed by atoms with Gasteiger partial charge in [-0.3, -0.25) is 14.9 Å². The monoisotopic (exact) mass is 645 g/mol. The fourth-order valence-corrected chi connectivity index (χ4v) is 6.96. The lowest BCUT2D eigenvalue weighted by Crippen LogP contribution is -2.42. The van der Waals surface area contributed by atoms with Crippen LogP contribution in [0.1, 0.15) is 49.1 Å². The lowest BCUT2D eigenvalue weighted by atomic mass is 9.78. The van der Waals surface area contributed by atoms with Crippen molar-refractivity contribution in [3.8, 4) is 17.2 Å². The molecule has 1 spiro atoms. The average molecular weight is 646 g/mol. The van der Waals surface area contributed by atoms with Gasteiger partial charge in [-0.05, 0) is 36.3 Å². The highest BCUT2D eigenvalue weighted by Crippen LogP contribution is 2.40. The van der Waals surface area contributed by atoms with Gasteiger partial charge in [0.1, 0.15) is 29.5 Å². The van der Waals surface area contributed by atoms with Crippen LogP contribution in [0.3, 0.4) is 0 Å². The maximum Gasteiger partial charge on any atom is 0.441 e. The number of piperidine rings is 2. The number of hydrogen-bond donors (Lipinski definition) is 1. The second-order valence-corrected chi connectivity index (χ2v) is 13.1. The molecule has 2 amide bonds. The Morgan fingerprint density at radius 2 is 1.81 bits per heavy atom. The maximum atomic E-state index is 13.7. The Bertz CT molecular complexity index is 1800. The van der Waals surface area contributed by atoms with Crippen molar-refractivity contribution in [2.45, 2.75) is 45.2 Å². The van der Waals surface area contributed by atoms with Crippen LogP contribution >= 0.6 is 0 Å². The van der Waals surface area contributed by atoms with Crippen molar-refractivity contribution < 1.29 is 14.1 Å². The van der Waals surface area contributed by atoms with Crippen molar-refractivity contribution >= 4 is 23.4 Å². The Balaban J connectivity index is 1.06. The van der Waals surface area contributed by atoms with Gasteiger partial charge >= 0.3 is 6.03 Å². The van der Waals surface area contributed by atoms with Crippen LogP contribution in [0.15, 0.2) is 67.3 Å². The first-order valence-electron chi connectivity index (χ1n) is 16.7. The summed E-state index contributed by atoms with van der Waals surface area (Å²) in [7, 11) is 1.88. The number of nitrogens with zero attached hydrogens (tertiary/aromatic N) is 9. The van der Waals surface area contributed by atoms with E-state index < -0.39 is 0 Å². The van der Waals surface area contributed by atoms with Crippen molar-refractivity contribution in [2.75, 3.05) is 44.3 Å². The van der Waals surface area contributed by atoms with Crippen LogP contribution in [0, 0.1) is 16.7 Å². The number of nitriles is 1. The Hall–Kier alpha value is -4.99. The number of hydrogen-bond acceptors (Lipinski definition) is 9. The SMILES string of the molecule is Cn1cc(-c2ccc([N+](C(=O)NCc3ccccc3)=C3CCN(Cc4ncc(C#N)c(N5CCC6(CCOC6)CC5)n4)CC3)nc2)cn1. The van der Waals surface area contributed by atoms with E-state index in [1.54, 1.807) is 27.8 Å². The largest absolute Gasteiger partial charge is 0.441 e. The van der Waals surface area contributed by atoms with Gasteiger partial charge in [-0.15, -0.1) is 4.98 Å². The highest BCUT2D eigenvalue weighted by Gasteiger charge is 2.39. The molecular formula is C36H41N10O2+. The zero-order valence-corrected chi connectivity index (χ0v) is 27.4. The summed E-state index contributed by atoms with van der Waals surface area (Å²) in [6.45, 7) is 5.93. The first-order chi connectivity index (χ1) is 23.5. The van der Waals surface area contributed by atoms with Crippen LogP contribution in [-0.2, 0) is 24.9 Å². The summed E-state index contributed by atoms with van der Waals surface area (Å²) < 4.78 is 9.20. The molecule has 4 aromatic rings. The van der Waals surface area contributed by atoms with Gasteiger partial charge in [0, 0.05) is 76.1 Å². The number of carbonyl (C=O) groups excluding carboxylic acids is 1. The normalized spacial score (nSPS) is 17.8. The zero-order valence-electron chi connectivity index (χ0n) is 27.4. The Morgan fingerprint density at radius 3 is 2.48 bits per heavy atom. The number of benzene rings is 1. The predicted molar refractivity (Wildman–Crippen MR) is 181 cm³/mol. The third kappa shape index (κ3) is 6.98. The lowest BCUT2D eigenvalue weighted by Gasteiger charge is -2.39. The van der Waals surface area contributed by atoms with E-state index in [1.807, 2.05) is 55.7 Å². The van der Waals surface area contributed by atoms with Crippen LogP contribution < -0.4 is 10.2 Å². The molecule has 7 rings (SSSR count). The van der Waals surface area contributed by atoms with Gasteiger partial charge in [0.05, 0.1) is 37.8 Å². The summed E-state index contributed by atoms with van der Waals surface area (Å²) >= 11 is 0. The van der Waals surface area contributed by atoms with Gasteiger partial charge in [-0.1, -0.05) is 30.3 Å². The minimum absolute atomic E-state index is 0.198. The molecule has 48 heavy (non-hydrogen) atoms. The highest BCUT2D eigenvalue weighted by atomic mass is 16.5. The smallest absolute Gasteiger partial charge is 0.381 e. The van der Waals surface area contributed by atoms with Gasteiger partial charge in [0.2, 0.25) is 0 Å². The summed E-state index contributed by atoms with van der Waals surface area (Å²) in [6, 6.07) is 15.9. The summed E-state index contributed by atoms with van der Waals surface area (Å²) in [6.07, 6.45) is 11.8. The van der Waals surface area contributed by atoms with Crippen LogP contribution in [0.25, 0.3) is 11.1 Å². The molecule has 0 aliphatic carbocycles. The molecule has 1 N–H and O–H groups in total. The standard InChI is InChI=1S/C36H40N10O2/c1-43-24-30(23-41-43)28-7-8-33(39-21-28)46(35(47)40-20-27-5-3-2-4-6-27)31-9-14-44(15-10-31)25-32-38-22-29(19-37)34(42-32)45-16-11-36(12-17-45)13-18-48-26-36/h2-8,21-24H,9-18,20,25-26H2,1H3/p+1. The van der Waals surface area contributed by atoms with Crippen molar-refractivity contribution in [3.63, 3.8) is 0 Å². The highest BCUT2D eigenvalue weighted by molar-refractivity contribution is 5.87. The van der Waals surface area contributed by atoms with E-state index in [0.29, 0.717) is 43.1 Å². The number of anilines is 1. The van der Waals surface area contributed by atoms with Gasteiger partial charge in [0.25, 0.3) is 5.82 Å². The van der Waals surface area contributed by atoms with Crippen LogP contribution in [0.5, 0.6) is 0 Å². The summed E-state index contributed by atoms with van der Waals surface area (Å²) in [4.78, 5) is 32.5. The van der Waals surface area contributed by atoms with E-state index >= 15 is 0 Å². The first-order valence-corrected chi connectivity index (χ1v) is 16.7. The third-order valence-corrected chi connectivity index (χ3v) is 9.87. The minimum Gasteiger partial charge on any atom is -0.381 e. The van der Waals surface area contributed by atoms with E-state index in [-0.39, 0.29) is 11.4 Å². The molecule has 3 aliphatic heterocycles. The molecule has 3 aromatic heterocycles. The number of aryl methyl sites for hydroxylation is 1. The van der Waals surface area contributed by atoms with Crippen molar-refractivity contribution in [2.24, 2.45) is 12.5 Å². The molecule has 12 heteroatoms. The first kappa shape index (κ1) is 31.6. The maximum absolute atomic E-state index is 13.7.